The maximum absolute atomic E-state index is 12.0. The zero-order chi connectivity index (χ0) is 15.1. The van der Waals surface area contributed by atoms with E-state index in [0.717, 1.165) is 26.1 Å². The first-order valence-electron chi connectivity index (χ1n) is 7.03. The number of amides is 1. The number of nitro groups is 1. The van der Waals surface area contributed by atoms with Crippen molar-refractivity contribution in [2.45, 2.75) is 12.8 Å². The first-order chi connectivity index (χ1) is 10.2. The Hall–Kier alpha value is -1.86. The monoisotopic (exact) mass is 329 g/mol. The third kappa shape index (κ3) is 5.16. The normalized spacial score (nSPS) is 14.6. The van der Waals surface area contributed by atoms with Gasteiger partial charge < -0.3 is 15.0 Å². The Morgan fingerprint density at radius 3 is 2.86 bits per heavy atom. The summed E-state index contributed by atoms with van der Waals surface area (Å²) in [7, 11) is 0. The van der Waals surface area contributed by atoms with E-state index in [1.807, 2.05) is 4.90 Å². The van der Waals surface area contributed by atoms with Crippen molar-refractivity contribution in [1.29, 1.82) is 0 Å². The van der Waals surface area contributed by atoms with E-state index in [4.69, 9.17) is 4.74 Å². The molecule has 1 heterocycles. The molecular formula is C14H20ClN3O4. The molecule has 0 radical (unpaired) electrons. The van der Waals surface area contributed by atoms with Gasteiger partial charge in [-0.25, -0.2) is 0 Å². The molecule has 22 heavy (non-hydrogen) atoms. The minimum absolute atomic E-state index is 0. The van der Waals surface area contributed by atoms with E-state index < -0.39 is 4.92 Å². The number of para-hydroxylation sites is 2. The van der Waals surface area contributed by atoms with E-state index in [-0.39, 0.29) is 42.8 Å². The maximum Gasteiger partial charge on any atom is 0.310 e. The lowest BCUT2D eigenvalue weighted by atomic mass is 10.3. The van der Waals surface area contributed by atoms with Gasteiger partial charge in [-0.05, 0) is 19.0 Å². The molecule has 1 fully saturated rings. The van der Waals surface area contributed by atoms with Gasteiger partial charge in [0.1, 0.15) is 0 Å². The van der Waals surface area contributed by atoms with Crippen LogP contribution in [-0.4, -0.2) is 48.5 Å². The predicted octanol–water partition coefficient (Wildman–Crippen LogP) is 1.61. The summed E-state index contributed by atoms with van der Waals surface area (Å²) in [6.45, 7) is 3.32. The van der Waals surface area contributed by atoms with Gasteiger partial charge in [0.25, 0.3) is 0 Å². The van der Waals surface area contributed by atoms with Gasteiger partial charge >= 0.3 is 5.69 Å². The average Bonchev–Trinajstić information content (AvgIpc) is 2.76. The van der Waals surface area contributed by atoms with Crippen LogP contribution in [0, 0.1) is 10.1 Å². The quantitative estimate of drug-likeness (QED) is 0.655. The number of carbonyl (C=O) groups is 1. The fourth-order valence-electron chi connectivity index (χ4n) is 2.23. The second kappa shape index (κ2) is 9.22. The molecule has 1 aliphatic rings. The van der Waals surface area contributed by atoms with Crippen LogP contribution in [0.15, 0.2) is 24.3 Å². The van der Waals surface area contributed by atoms with Crippen molar-refractivity contribution in [1.82, 2.24) is 10.2 Å². The number of hydrogen-bond acceptors (Lipinski definition) is 5. The number of nitrogens with one attached hydrogen (secondary N) is 1. The van der Waals surface area contributed by atoms with Gasteiger partial charge in [0.15, 0.2) is 5.75 Å². The summed E-state index contributed by atoms with van der Waals surface area (Å²) < 4.78 is 5.39. The lowest BCUT2D eigenvalue weighted by Crippen LogP contribution is -2.34. The van der Waals surface area contributed by atoms with Crippen molar-refractivity contribution in [3.05, 3.63) is 34.4 Å². The molecule has 1 amide bonds. The SMILES string of the molecule is Cl.O=C(CCOc1ccccc1[N+](=O)[O-])N1CCCNCC1. The highest BCUT2D eigenvalue weighted by atomic mass is 35.5. The second-order valence-electron chi connectivity index (χ2n) is 4.81. The molecule has 0 aromatic heterocycles. The molecule has 1 saturated heterocycles. The summed E-state index contributed by atoms with van der Waals surface area (Å²) in [6.07, 6.45) is 1.17. The van der Waals surface area contributed by atoms with Gasteiger partial charge in [-0.3, -0.25) is 14.9 Å². The van der Waals surface area contributed by atoms with Crippen LogP contribution in [0.3, 0.4) is 0 Å². The van der Waals surface area contributed by atoms with Crippen LogP contribution >= 0.6 is 12.4 Å². The summed E-state index contributed by atoms with van der Waals surface area (Å²) >= 11 is 0. The van der Waals surface area contributed by atoms with Crippen molar-refractivity contribution in [3.63, 3.8) is 0 Å². The third-order valence-corrected chi connectivity index (χ3v) is 3.33. The van der Waals surface area contributed by atoms with Crippen molar-refractivity contribution in [2.75, 3.05) is 32.8 Å². The zero-order valence-corrected chi connectivity index (χ0v) is 13.0. The second-order valence-corrected chi connectivity index (χ2v) is 4.81. The molecule has 0 atom stereocenters. The molecule has 0 bridgehead atoms. The van der Waals surface area contributed by atoms with Gasteiger partial charge in [-0.15, -0.1) is 12.4 Å². The summed E-state index contributed by atoms with van der Waals surface area (Å²) in [5.41, 5.74) is -0.0797. The van der Waals surface area contributed by atoms with Crippen LogP contribution in [0.2, 0.25) is 0 Å². The van der Waals surface area contributed by atoms with Crippen LogP contribution in [0.25, 0.3) is 0 Å². The third-order valence-electron chi connectivity index (χ3n) is 3.33. The van der Waals surface area contributed by atoms with E-state index in [0.29, 0.717) is 6.54 Å². The zero-order valence-electron chi connectivity index (χ0n) is 12.2. The van der Waals surface area contributed by atoms with Crippen LogP contribution in [0.1, 0.15) is 12.8 Å². The van der Waals surface area contributed by atoms with Crippen LogP contribution in [0.4, 0.5) is 5.69 Å². The van der Waals surface area contributed by atoms with Gasteiger partial charge in [-0.2, -0.15) is 0 Å². The molecule has 0 saturated carbocycles. The lowest BCUT2D eigenvalue weighted by Gasteiger charge is -2.19. The highest BCUT2D eigenvalue weighted by Gasteiger charge is 2.17. The number of halogens is 1. The molecule has 1 aromatic carbocycles. The molecule has 1 aliphatic heterocycles. The summed E-state index contributed by atoms with van der Waals surface area (Å²) in [4.78, 5) is 24.2. The van der Waals surface area contributed by atoms with Gasteiger partial charge in [0.2, 0.25) is 5.91 Å². The standard InChI is InChI=1S/C14H19N3O4.ClH/c18-14(16-9-3-7-15-8-10-16)6-11-21-13-5-2-1-4-12(13)17(19)20;/h1-2,4-5,15H,3,6-11H2;1H. The molecule has 122 valence electrons. The molecule has 0 aliphatic carbocycles. The van der Waals surface area contributed by atoms with Crippen LogP contribution in [0.5, 0.6) is 5.75 Å². The Kier molecular flexibility index (Phi) is 7.62. The van der Waals surface area contributed by atoms with Gasteiger partial charge in [-0.1, -0.05) is 12.1 Å². The fourth-order valence-corrected chi connectivity index (χ4v) is 2.23. The van der Waals surface area contributed by atoms with Crippen LogP contribution in [-0.2, 0) is 4.79 Å². The Labute approximate surface area is 135 Å². The predicted molar refractivity (Wildman–Crippen MR) is 84.5 cm³/mol. The fraction of sp³-hybridized carbons (Fsp3) is 0.500. The number of rotatable bonds is 5. The highest BCUT2D eigenvalue weighted by Crippen LogP contribution is 2.25. The molecule has 8 heteroatoms. The number of carbonyl (C=O) groups excluding carboxylic acids is 1. The highest BCUT2D eigenvalue weighted by molar-refractivity contribution is 5.85. The maximum atomic E-state index is 12.0. The Morgan fingerprint density at radius 2 is 2.09 bits per heavy atom. The minimum atomic E-state index is -0.488. The van der Waals surface area contributed by atoms with E-state index in [9.17, 15) is 14.9 Å². The summed E-state index contributed by atoms with van der Waals surface area (Å²) in [6, 6.07) is 6.18. The summed E-state index contributed by atoms with van der Waals surface area (Å²) in [5.74, 6) is 0.227. The van der Waals surface area contributed by atoms with Gasteiger partial charge in [0.05, 0.1) is 18.0 Å². The average molecular weight is 330 g/mol. The van der Waals surface area contributed by atoms with Crippen LogP contribution < -0.4 is 10.1 Å². The van der Waals surface area contributed by atoms with E-state index in [1.54, 1.807) is 18.2 Å². The molecule has 1 N–H and O–H groups in total. The Balaban J connectivity index is 0.00000242. The first kappa shape index (κ1) is 18.2. The molecule has 0 spiro atoms. The minimum Gasteiger partial charge on any atom is -0.486 e. The number of benzene rings is 1. The van der Waals surface area contributed by atoms with Crippen molar-refractivity contribution in [2.24, 2.45) is 0 Å². The Morgan fingerprint density at radius 1 is 1.32 bits per heavy atom. The number of nitro benzene ring substituents is 1. The number of nitrogens with zero attached hydrogens (tertiary/aromatic N) is 2. The molecule has 2 rings (SSSR count). The lowest BCUT2D eigenvalue weighted by molar-refractivity contribution is -0.385. The molecule has 7 nitrogen and oxygen atoms in total. The Bertz CT molecular complexity index is 505. The molecular weight excluding hydrogens is 310 g/mol. The number of hydrogen-bond donors (Lipinski definition) is 1. The van der Waals surface area contributed by atoms with Crippen molar-refractivity contribution < 1.29 is 14.5 Å². The molecule has 0 unspecified atom stereocenters. The first-order valence-corrected chi connectivity index (χ1v) is 7.03. The van der Waals surface area contributed by atoms with Crippen molar-refractivity contribution >= 4 is 24.0 Å². The van der Waals surface area contributed by atoms with E-state index in [2.05, 4.69) is 5.32 Å². The largest absolute Gasteiger partial charge is 0.486 e. The van der Waals surface area contributed by atoms with Crippen molar-refractivity contribution in [3.8, 4) is 5.75 Å². The number of ether oxygens (including phenoxy) is 1. The van der Waals surface area contributed by atoms with E-state index >= 15 is 0 Å². The summed E-state index contributed by atoms with van der Waals surface area (Å²) in [5, 5.41) is 14.1. The molecule has 1 aromatic rings. The van der Waals surface area contributed by atoms with Gasteiger partial charge in [0, 0.05) is 25.7 Å². The van der Waals surface area contributed by atoms with E-state index in [1.165, 1.54) is 6.07 Å². The topological polar surface area (TPSA) is 84.7 Å². The smallest absolute Gasteiger partial charge is 0.310 e.